The maximum Gasteiger partial charge on any atom is 0.321 e. The zero-order valence-electron chi connectivity index (χ0n) is 16.3. The largest absolute Gasteiger partial charge is 0.352 e. The summed E-state index contributed by atoms with van der Waals surface area (Å²) in [6, 6.07) is -0.159. The second kappa shape index (κ2) is 9.50. The number of hydrogen-bond acceptors (Lipinski definition) is 5. The van der Waals surface area contributed by atoms with Crippen LogP contribution in [-0.2, 0) is 9.59 Å². The van der Waals surface area contributed by atoms with Crippen LogP contribution in [0.3, 0.4) is 0 Å². The lowest BCUT2D eigenvalue weighted by molar-refractivity contribution is -0.127. The van der Waals surface area contributed by atoms with E-state index in [0.29, 0.717) is 12.6 Å². The Morgan fingerprint density at radius 1 is 0.889 bits per heavy atom. The van der Waals surface area contributed by atoms with Gasteiger partial charge in [0, 0.05) is 38.3 Å². The van der Waals surface area contributed by atoms with Crippen LogP contribution in [0.4, 0.5) is 4.79 Å². The molecule has 1 aliphatic heterocycles. The van der Waals surface area contributed by atoms with Crippen LogP contribution in [0.2, 0.25) is 0 Å². The first-order valence-electron chi connectivity index (χ1n) is 10.4. The molecular weight excluding hydrogens is 346 g/mol. The maximum atomic E-state index is 12.4. The molecule has 3 N–H and O–H groups in total. The van der Waals surface area contributed by atoms with Crippen LogP contribution in [0.1, 0.15) is 51.9 Å². The Hall–Kier alpha value is -1.67. The van der Waals surface area contributed by atoms with Crippen LogP contribution < -0.4 is 16.0 Å². The van der Waals surface area contributed by atoms with E-state index >= 15 is 0 Å². The Morgan fingerprint density at radius 2 is 1.52 bits per heavy atom. The average Bonchev–Trinajstić information content (AvgIpc) is 3.46. The first-order valence-corrected chi connectivity index (χ1v) is 10.4. The van der Waals surface area contributed by atoms with Crippen molar-refractivity contribution < 1.29 is 14.4 Å². The number of rotatable bonds is 6. The lowest BCUT2D eigenvalue weighted by atomic mass is 9.96. The highest BCUT2D eigenvalue weighted by molar-refractivity contribution is 5.96. The van der Waals surface area contributed by atoms with Gasteiger partial charge in [-0.25, -0.2) is 4.79 Å². The molecular formula is C19H33N5O3. The maximum absolute atomic E-state index is 12.4. The van der Waals surface area contributed by atoms with Crippen LogP contribution >= 0.6 is 0 Å². The molecule has 0 aromatic carbocycles. The monoisotopic (exact) mass is 379 g/mol. The van der Waals surface area contributed by atoms with E-state index < -0.39 is 0 Å². The Kier molecular flexibility index (Phi) is 7.07. The molecule has 3 aliphatic rings. The van der Waals surface area contributed by atoms with Crippen LogP contribution in [-0.4, -0.2) is 78.5 Å². The van der Waals surface area contributed by atoms with Gasteiger partial charge >= 0.3 is 6.03 Å². The van der Waals surface area contributed by atoms with Crippen LogP contribution in [0.5, 0.6) is 0 Å². The number of imide groups is 1. The van der Waals surface area contributed by atoms with Gasteiger partial charge in [0.15, 0.2) is 0 Å². The van der Waals surface area contributed by atoms with E-state index in [1.54, 1.807) is 0 Å². The molecule has 1 saturated heterocycles. The van der Waals surface area contributed by atoms with Gasteiger partial charge in [-0.15, -0.1) is 0 Å². The number of amides is 4. The molecule has 3 rings (SSSR count). The van der Waals surface area contributed by atoms with E-state index in [0.717, 1.165) is 64.7 Å². The molecule has 0 bridgehead atoms. The van der Waals surface area contributed by atoms with E-state index in [1.807, 2.05) is 6.92 Å². The second-order valence-corrected chi connectivity index (χ2v) is 8.13. The molecule has 3 fully saturated rings. The molecule has 2 aliphatic carbocycles. The van der Waals surface area contributed by atoms with Gasteiger partial charge in [0.2, 0.25) is 11.8 Å². The number of hydrogen-bond donors (Lipinski definition) is 3. The molecule has 152 valence electrons. The first kappa shape index (κ1) is 20.1. The van der Waals surface area contributed by atoms with Crippen molar-refractivity contribution in [3.8, 4) is 0 Å². The standard InChI is InChI=1S/C19H33N5O3/c1-14(18(26)22-19(27)21-15-5-3-2-4-6-15)24-11-9-23(10-12-24)13-17(25)20-16-7-8-16/h14-16H,2-13H2,1H3,(H,20,25)(H2,21,22,26,27)/t14-/m1/s1. The van der Waals surface area contributed by atoms with Crippen molar-refractivity contribution in [1.82, 2.24) is 25.8 Å². The molecule has 4 amide bonds. The summed E-state index contributed by atoms with van der Waals surface area (Å²) in [5.74, 6) is -0.167. The fraction of sp³-hybridized carbons (Fsp3) is 0.842. The van der Waals surface area contributed by atoms with Gasteiger partial charge in [-0.05, 0) is 32.6 Å². The highest BCUT2D eigenvalue weighted by Crippen LogP contribution is 2.18. The van der Waals surface area contributed by atoms with Gasteiger partial charge in [-0.3, -0.25) is 24.7 Å². The van der Waals surface area contributed by atoms with E-state index in [1.165, 1.54) is 6.42 Å². The molecule has 0 unspecified atom stereocenters. The van der Waals surface area contributed by atoms with Gasteiger partial charge in [0.25, 0.3) is 0 Å². The van der Waals surface area contributed by atoms with Crippen molar-refractivity contribution >= 4 is 17.8 Å². The zero-order chi connectivity index (χ0) is 19.2. The van der Waals surface area contributed by atoms with Crippen molar-refractivity contribution in [2.75, 3.05) is 32.7 Å². The van der Waals surface area contributed by atoms with E-state index in [-0.39, 0.29) is 29.9 Å². The summed E-state index contributed by atoms with van der Waals surface area (Å²) in [7, 11) is 0. The summed E-state index contributed by atoms with van der Waals surface area (Å²) < 4.78 is 0. The smallest absolute Gasteiger partial charge is 0.321 e. The third kappa shape index (κ3) is 6.46. The zero-order valence-corrected chi connectivity index (χ0v) is 16.3. The minimum absolute atomic E-state index is 0.0936. The number of nitrogens with one attached hydrogen (secondary N) is 3. The molecule has 0 radical (unpaired) electrons. The summed E-state index contributed by atoms with van der Waals surface area (Å²) in [5, 5.41) is 8.41. The fourth-order valence-electron chi connectivity index (χ4n) is 3.86. The van der Waals surface area contributed by atoms with Gasteiger partial charge in [0.05, 0.1) is 12.6 Å². The number of urea groups is 1. The molecule has 0 spiro atoms. The summed E-state index contributed by atoms with van der Waals surface area (Å²) in [6.45, 7) is 5.20. The van der Waals surface area contributed by atoms with Crippen molar-refractivity contribution in [2.45, 2.75) is 70.0 Å². The number of nitrogens with zero attached hydrogens (tertiary/aromatic N) is 2. The molecule has 8 heteroatoms. The molecule has 27 heavy (non-hydrogen) atoms. The Balaban J connectivity index is 1.34. The Bertz CT molecular complexity index is 537. The van der Waals surface area contributed by atoms with Gasteiger partial charge in [-0.2, -0.15) is 0 Å². The van der Waals surface area contributed by atoms with Crippen LogP contribution in [0, 0.1) is 0 Å². The Labute approximate surface area is 161 Å². The van der Waals surface area contributed by atoms with Crippen LogP contribution in [0.15, 0.2) is 0 Å². The van der Waals surface area contributed by atoms with E-state index in [9.17, 15) is 14.4 Å². The third-order valence-electron chi connectivity index (χ3n) is 5.82. The summed E-state index contributed by atoms with van der Waals surface area (Å²) >= 11 is 0. The van der Waals surface area contributed by atoms with Crippen molar-refractivity contribution in [1.29, 1.82) is 0 Å². The van der Waals surface area contributed by atoms with Crippen LogP contribution in [0.25, 0.3) is 0 Å². The quantitative estimate of drug-likeness (QED) is 0.622. The van der Waals surface area contributed by atoms with Crippen molar-refractivity contribution in [2.24, 2.45) is 0 Å². The summed E-state index contributed by atoms with van der Waals surface area (Å²) in [5.41, 5.74) is 0. The molecule has 8 nitrogen and oxygen atoms in total. The fourth-order valence-corrected chi connectivity index (χ4v) is 3.86. The minimum Gasteiger partial charge on any atom is -0.352 e. The molecule has 2 saturated carbocycles. The number of carbonyl (C=O) groups is 3. The predicted octanol–water partition coefficient (Wildman–Crippen LogP) is 0.430. The van der Waals surface area contributed by atoms with E-state index in [2.05, 4.69) is 25.8 Å². The highest BCUT2D eigenvalue weighted by Gasteiger charge is 2.29. The molecule has 1 atom stereocenters. The lowest BCUT2D eigenvalue weighted by Gasteiger charge is -2.37. The lowest BCUT2D eigenvalue weighted by Crippen LogP contribution is -2.56. The third-order valence-corrected chi connectivity index (χ3v) is 5.82. The van der Waals surface area contributed by atoms with Crippen molar-refractivity contribution in [3.05, 3.63) is 0 Å². The average molecular weight is 380 g/mol. The molecule has 1 heterocycles. The SMILES string of the molecule is C[C@H](C(=O)NC(=O)NC1CCCCC1)N1CCN(CC(=O)NC2CC2)CC1. The normalized spacial score (nSPS) is 23.4. The molecule has 0 aromatic rings. The summed E-state index contributed by atoms with van der Waals surface area (Å²) in [4.78, 5) is 40.5. The van der Waals surface area contributed by atoms with Gasteiger partial charge in [0.1, 0.15) is 0 Å². The highest BCUT2D eigenvalue weighted by atomic mass is 16.2. The predicted molar refractivity (Wildman–Crippen MR) is 102 cm³/mol. The minimum atomic E-state index is -0.380. The second-order valence-electron chi connectivity index (χ2n) is 8.13. The van der Waals surface area contributed by atoms with Gasteiger partial charge in [-0.1, -0.05) is 19.3 Å². The summed E-state index contributed by atoms with van der Waals surface area (Å²) in [6.07, 6.45) is 7.68. The number of piperazine rings is 1. The Morgan fingerprint density at radius 3 is 2.15 bits per heavy atom. The topological polar surface area (TPSA) is 93.8 Å². The first-order chi connectivity index (χ1) is 13.0. The number of carbonyl (C=O) groups excluding carboxylic acids is 3. The van der Waals surface area contributed by atoms with Gasteiger partial charge < -0.3 is 10.6 Å². The van der Waals surface area contributed by atoms with E-state index in [4.69, 9.17) is 0 Å². The molecule has 0 aromatic heterocycles. The van der Waals surface area contributed by atoms with Crippen molar-refractivity contribution in [3.63, 3.8) is 0 Å².